The van der Waals surface area contributed by atoms with Gasteiger partial charge < -0.3 is 9.53 Å². The van der Waals surface area contributed by atoms with Crippen molar-refractivity contribution in [1.82, 2.24) is 0 Å². The van der Waals surface area contributed by atoms with E-state index in [2.05, 4.69) is 88.4 Å². The molecule has 1 fully saturated rings. The van der Waals surface area contributed by atoms with E-state index in [-0.39, 0.29) is 17.2 Å². The van der Waals surface area contributed by atoms with Crippen molar-refractivity contribution in [2.45, 2.75) is 64.2 Å². The lowest BCUT2D eigenvalue weighted by Gasteiger charge is -2.48. The number of aliphatic hydroxyl groups excluding tert-OH is 1. The minimum absolute atomic E-state index is 0.0490. The molecule has 0 saturated heterocycles. The summed E-state index contributed by atoms with van der Waals surface area (Å²) in [7, 11) is -2.58. The topological polar surface area (TPSA) is 29.5 Å². The Morgan fingerprint density at radius 2 is 1.38 bits per heavy atom. The van der Waals surface area contributed by atoms with Crippen LogP contribution in [0.1, 0.15) is 47.0 Å². The third-order valence-corrected chi connectivity index (χ3v) is 10.9. The highest BCUT2D eigenvalue weighted by Crippen LogP contribution is 2.40. The second-order valence-corrected chi connectivity index (χ2v) is 13.0. The molecule has 3 heteroatoms. The molecule has 1 aliphatic carbocycles. The van der Waals surface area contributed by atoms with Crippen LogP contribution in [0.2, 0.25) is 5.04 Å². The number of hydrogen-bond donors (Lipinski definition) is 1. The predicted octanol–water partition coefficient (Wildman–Crippen LogP) is 4.11. The summed E-state index contributed by atoms with van der Waals surface area (Å²) < 4.78 is 7.13. The molecule has 3 atom stereocenters. The summed E-state index contributed by atoms with van der Waals surface area (Å²) in [5, 5.41) is 13.3. The van der Waals surface area contributed by atoms with Crippen LogP contribution in [0, 0.1) is 5.92 Å². The molecule has 26 heavy (non-hydrogen) atoms. The summed E-state index contributed by atoms with van der Waals surface area (Å²) in [6, 6.07) is 21.4. The summed E-state index contributed by atoms with van der Waals surface area (Å²) in [5.41, 5.74) is 0. The van der Waals surface area contributed by atoms with Crippen molar-refractivity contribution in [2.24, 2.45) is 5.92 Å². The Labute approximate surface area is 159 Å². The van der Waals surface area contributed by atoms with Crippen LogP contribution in [0.4, 0.5) is 0 Å². The molecule has 0 aromatic heterocycles. The fourth-order valence-corrected chi connectivity index (χ4v) is 9.26. The van der Waals surface area contributed by atoms with Gasteiger partial charge in [-0.25, -0.2) is 0 Å². The molecule has 2 aromatic rings. The van der Waals surface area contributed by atoms with Crippen LogP contribution in [0.15, 0.2) is 60.7 Å². The van der Waals surface area contributed by atoms with E-state index in [9.17, 15) is 5.11 Å². The van der Waals surface area contributed by atoms with Crippen molar-refractivity contribution < 1.29 is 9.53 Å². The van der Waals surface area contributed by atoms with Gasteiger partial charge in [0.2, 0.25) is 0 Å². The Morgan fingerprint density at radius 1 is 0.885 bits per heavy atom. The highest BCUT2D eigenvalue weighted by atomic mass is 28.4. The molecule has 0 amide bonds. The minimum atomic E-state index is -2.58. The molecule has 0 unspecified atom stereocenters. The molecule has 1 saturated carbocycles. The van der Waals surface area contributed by atoms with Crippen molar-refractivity contribution in [3.8, 4) is 0 Å². The SMILES string of the molecule is C[C@@H]1CCC[C@H](O)[C@H]1O[Si](c1ccccc1)(c1ccccc1)C(C)(C)C. The van der Waals surface area contributed by atoms with Crippen LogP contribution >= 0.6 is 0 Å². The Morgan fingerprint density at radius 3 is 1.81 bits per heavy atom. The normalized spacial score (nSPS) is 24.4. The maximum atomic E-state index is 10.8. The van der Waals surface area contributed by atoms with Gasteiger partial charge >= 0.3 is 0 Å². The predicted molar refractivity (Wildman–Crippen MR) is 112 cm³/mol. The molecule has 140 valence electrons. The maximum absolute atomic E-state index is 10.8. The van der Waals surface area contributed by atoms with E-state index in [0.717, 1.165) is 19.3 Å². The van der Waals surface area contributed by atoms with Gasteiger partial charge in [-0.3, -0.25) is 0 Å². The van der Waals surface area contributed by atoms with Gasteiger partial charge in [0.15, 0.2) is 0 Å². The first-order valence-electron chi connectivity index (χ1n) is 9.83. The molecule has 0 heterocycles. The molecular weight excluding hydrogens is 336 g/mol. The highest BCUT2D eigenvalue weighted by Gasteiger charge is 2.52. The van der Waals surface area contributed by atoms with Gasteiger partial charge in [-0.15, -0.1) is 0 Å². The van der Waals surface area contributed by atoms with Crippen molar-refractivity contribution in [3.05, 3.63) is 60.7 Å². The van der Waals surface area contributed by atoms with Gasteiger partial charge in [0, 0.05) is 0 Å². The second kappa shape index (κ2) is 7.67. The lowest BCUT2D eigenvalue weighted by Crippen LogP contribution is -2.69. The van der Waals surface area contributed by atoms with Crippen molar-refractivity contribution in [1.29, 1.82) is 0 Å². The van der Waals surface area contributed by atoms with E-state index in [0.29, 0.717) is 5.92 Å². The average Bonchev–Trinajstić information content (AvgIpc) is 2.62. The number of hydrogen-bond acceptors (Lipinski definition) is 2. The van der Waals surface area contributed by atoms with Gasteiger partial charge in [0.1, 0.15) is 0 Å². The molecule has 0 bridgehead atoms. The number of rotatable bonds is 4. The van der Waals surface area contributed by atoms with Crippen LogP contribution in [0.5, 0.6) is 0 Å². The zero-order valence-electron chi connectivity index (χ0n) is 16.5. The highest BCUT2D eigenvalue weighted by molar-refractivity contribution is 6.99. The zero-order chi connectivity index (χ0) is 18.8. The van der Waals surface area contributed by atoms with Crippen molar-refractivity contribution in [2.75, 3.05) is 0 Å². The monoisotopic (exact) mass is 368 g/mol. The lowest BCUT2D eigenvalue weighted by atomic mass is 9.86. The number of aliphatic hydroxyl groups is 1. The third-order valence-electron chi connectivity index (χ3n) is 5.83. The summed E-state index contributed by atoms with van der Waals surface area (Å²) >= 11 is 0. The van der Waals surface area contributed by atoms with Crippen LogP contribution in [0.25, 0.3) is 0 Å². The Balaban J connectivity index is 2.17. The standard InChI is InChI=1S/C23H32O2Si/c1-18-12-11-17-21(24)22(18)25-26(23(2,3)4,19-13-7-5-8-14-19)20-15-9-6-10-16-20/h5-10,13-16,18,21-22,24H,11-12,17H2,1-4H3/t18-,21+,22+/m1/s1. The minimum Gasteiger partial charge on any atom is -0.402 e. The van der Waals surface area contributed by atoms with Crippen LogP contribution in [-0.4, -0.2) is 25.6 Å². The van der Waals surface area contributed by atoms with Crippen molar-refractivity contribution in [3.63, 3.8) is 0 Å². The first-order chi connectivity index (χ1) is 12.4. The van der Waals surface area contributed by atoms with Gasteiger partial charge in [0.25, 0.3) is 8.32 Å². The molecule has 0 spiro atoms. The number of benzene rings is 2. The lowest BCUT2D eigenvalue weighted by molar-refractivity contribution is -0.0289. The van der Waals surface area contributed by atoms with Crippen LogP contribution in [0.3, 0.4) is 0 Å². The average molecular weight is 369 g/mol. The van der Waals surface area contributed by atoms with Crippen LogP contribution < -0.4 is 10.4 Å². The van der Waals surface area contributed by atoms with E-state index in [1.807, 2.05) is 0 Å². The molecule has 2 nitrogen and oxygen atoms in total. The Bertz CT molecular complexity index is 644. The van der Waals surface area contributed by atoms with E-state index in [4.69, 9.17) is 4.43 Å². The molecule has 2 aromatic carbocycles. The smallest absolute Gasteiger partial charge is 0.261 e. The van der Waals surface area contributed by atoms with E-state index in [1.165, 1.54) is 10.4 Å². The van der Waals surface area contributed by atoms with Gasteiger partial charge in [-0.05, 0) is 34.2 Å². The molecule has 0 radical (unpaired) electrons. The summed E-state index contributed by atoms with van der Waals surface area (Å²) in [6.07, 6.45) is 2.58. The Hall–Kier alpha value is -1.42. The third kappa shape index (κ3) is 3.53. The molecule has 0 aliphatic heterocycles. The Kier molecular flexibility index (Phi) is 5.71. The summed E-state index contributed by atoms with van der Waals surface area (Å²) in [6.45, 7) is 9.10. The van der Waals surface area contributed by atoms with Gasteiger partial charge in [0.05, 0.1) is 12.2 Å². The molecular formula is C23H32O2Si. The second-order valence-electron chi connectivity index (χ2n) is 8.72. The largest absolute Gasteiger partial charge is 0.402 e. The summed E-state index contributed by atoms with van der Waals surface area (Å²) in [5.74, 6) is 0.375. The molecule has 3 rings (SSSR count). The van der Waals surface area contributed by atoms with Crippen molar-refractivity contribution >= 4 is 18.7 Å². The van der Waals surface area contributed by atoms with Gasteiger partial charge in [-0.2, -0.15) is 0 Å². The van der Waals surface area contributed by atoms with Gasteiger partial charge in [-0.1, -0.05) is 94.8 Å². The van der Waals surface area contributed by atoms with E-state index in [1.54, 1.807) is 0 Å². The molecule has 1 N–H and O–H groups in total. The first kappa shape index (κ1) is 19.3. The fraction of sp³-hybridized carbons (Fsp3) is 0.478. The maximum Gasteiger partial charge on any atom is 0.261 e. The van der Waals surface area contributed by atoms with E-state index < -0.39 is 8.32 Å². The first-order valence-corrected chi connectivity index (χ1v) is 11.7. The fourth-order valence-electron chi connectivity index (χ4n) is 4.45. The summed E-state index contributed by atoms with van der Waals surface area (Å²) in [4.78, 5) is 0. The van der Waals surface area contributed by atoms with E-state index >= 15 is 0 Å². The quantitative estimate of drug-likeness (QED) is 0.823. The molecule has 1 aliphatic rings. The zero-order valence-corrected chi connectivity index (χ0v) is 17.5. The van der Waals surface area contributed by atoms with Crippen LogP contribution in [-0.2, 0) is 4.43 Å².